The van der Waals surface area contributed by atoms with Crippen molar-refractivity contribution in [3.05, 3.63) is 0 Å². The number of Topliss-reactive ketones (excluding diaryl/α,β-unsaturated/α-hetero) is 1. The fourth-order valence-electron chi connectivity index (χ4n) is 2.46. The fourth-order valence-corrected chi connectivity index (χ4v) is 3.11. The Balaban J connectivity index is 2.62. The molecule has 18 heavy (non-hydrogen) atoms. The van der Waals surface area contributed by atoms with Gasteiger partial charge in [0.1, 0.15) is 5.78 Å². The van der Waals surface area contributed by atoms with Gasteiger partial charge in [-0.1, -0.05) is 31.5 Å². The van der Waals surface area contributed by atoms with Gasteiger partial charge < -0.3 is 5.11 Å². The first-order valence-corrected chi connectivity index (χ1v) is 7.32. The zero-order valence-electron chi connectivity index (χ0n) is 10.8. The Bertz CT molecular complexity index is 340. The van der Waals surface area contributed by atoms with Crippen molar-refractivity contribution < 1.29 is 19.5 Å². The van der Waals surface area contributed by atoms with Crippen LogP contribution in [-0.4, -0.2) is 27.7 Å². The first-order valence-electron chi connectivity index (χ1n) is 6.33. The van der Waals surface area contributed by atoms with E-state index in [0.717, 1.165) is 24.6 Å². The van der Waals surface area contributed by atoms with Gasteiger partial charge >= 0.3 is 5.97 Å². The number of hydrogen-bond acceptors (Lipinski definition) is 4. The number of carboxylic acids is 1. The Morgan fingerprint density at radius 3 is 2.28 bits per heavy atom. The summed E-state index contributed by atoms with van der Waals surface area (Å²) in [7, 11) is 0. The molecule has 0 saturated heterocycles. The monoisotopic (exact) mass is 272 g/mol. The Morgan fingerprint density at radius 1 is 1.22 bits per heavy atom. The van der Waals surface area contributed by atoms with E-state index in [9.17, 15) is 14.4 Å². The molecule has 3 atom stereocenters. The van der Waals surface area contributed by atoms with Crippen LogP contribution in [0.1, 0.15) is 39.5 Å². The quantitative estimate of drug-likeness (QED) is 0.832. The van der Waals surface area contributed by atoms with E-state index in [0.29, 0.717) is 18.6 Å². The zero-order chi connectivity index (χ0) is 13.7. The van der Waals surface area contributed by atoms with E-state index in [4.69, 9.17) is 5.11 Å². The number of carbonyl (C=O) groups excluding carboxylic acids is 2. The lowest BCUT2D eigenvalue weighted by atomic mass is 9.74. The average Bonchev–Trinajstić information content (AvgIpc) is 2.34. The first-order chi connectivity index (χ1) is 8.43. The molecule has 1 unspecified atom stereocenters. The van der Waals surface area contributed by atoms with Crippen molar-refractivity contribution >= 4 is 28.6 Å². The molecule has 4 nitrogen and oxygen atoms in total. The van der Waals surface area contributed by atoms with Crippen molar-refractivity contribution in [2.45, 2.75) is 39.5 Å². The highest BCUT2D eigenvalue weighted by molar-refractivity contribution is 8.13. The summed E-state index contributed by atoms with van der Waals surface area (Å²) in [6.07, 6.45) is 3.08. The lowest BCUT2D eigenvalue weighted by Gasteiger charge is -2.29. The zero-order valence-corrected chi connectivity index (χ0v) is 11.7. The van der Waals surface area contributed by atoms with Crippen molar-refractivity contribution in [3.8, 4) is 0 Å². The van der Waals surface area contributed by atoms with Gasteiger partial charge in [0.25, 0.3) is 0 Å². The van der Waals surface area contributed by atoms with Gasteiger partial charge in [-0.15, -0.1) is 0 Å². The van der Waals surface area contributed by atoms with E-state index in [-0.39, 0.29) is 22.7 Å². The van der Waals surface area contributed by atoms with Gasteiger partial charge in [0.15, 0.2) is 5.12 Å². The van der Waals surface area contributed by atoms with Crippen LogP contribution in [0.4, 0.5) is 0 Å². The van der Waals surface area contributed by atoms with Crippen molar-refractivity contribution in [1.82, 2.24) is 0 Å². The molecule has 0 aliphatic heterocycles. The van der Waals surface area contributed by atoms with Gasteiger partial charge in [-0.2, -0.15) is 0 Å². The molecule has 0 aromatic heterocycles. The molecule has 1 rings (SSSR count). The van der Waals surface area contributed by atoms with Crippen molar-refractivity contribution in [2.24, 2.45) is 17.8 Å². The van der Waals surface area contributed by atoms with Gasteiger partial charge in [-0.25, -0.2) is 0 Å². The molecule has 0 radical (unpaired) electrons. The van der Waals surface area contributed by atoms with Gasteiger partial charge in [0, 0.05) is 24.5 Å². The van der Waals surface area contributed by atoms with E-state index in [2.05, 4.69) is 0 Å². The third-order valence-corrected chi connectivity index (χ3v) is 4.54. The van der Waals surface area contributed by atoms with E-state index < -0.39 is 11.9 Å². The molecule has 1 fully saturated rings. The molecule has 5 heteroatoms. The van der Waals surface area contributed by atoms with Gasteiger partial charge in [-0.05, 0) is 12.8 Å². The maximum atomic E-state index is 12.2. The molecule has 1 aliphatic carbocycles. The largest absolute Gasteiger partial charge is 0.481 e. The number of aliphatic carboxylic acids is 1. The highest BCUT2D eigenvalue weighted by Crippen LogP contribution is 2.33. The summed E-state index contributed by atoms with van der Waals surface area (Å²) in [4.78, 5) is 34.3. The van der Waals surface area contributed by atoms with E-state index in [1.807, 2.05) is 0 Å². The Labute approximate surface area is 112 Å². The highest BCUT2D eigenvalue weighted by Gasteiger charge is 2.37. The van der Waals surface area contributed by atoms with Crippen LogP contribution < -0.4 is 0 Å². The van der Waals surface area contributed by atoms with Crippen LogP contribution in [-0.2, 0) is 14.4 Å². The van der Waals surface area contributed by atoms with Crippen LogP contribution in [0, 0.1) is 17.8 Å². The van der Waals surface area contributed by atoms with Crippen molar-refractivity contribution in [3.63, 3.8) is 0 Å². The average molecular weight is 272 g/mol. The number of thioether (sulfide) groups is 1. The molecule has 0 aromatic rings. The van der Waals surface area contributed by atoms with Gasteiger partial charge in [0.05, 0.1) is 5.92 Å². The van der Waals surface area contributed by atoms with Crippen LogP contribution in [0.3, 0.4) is 0 Å². The maximum Gasteiger partial charge on any atom is 0.307 e. The minimum atomic E-state index is -0.862. The van der Waals surface area contributed by atoms with Crippen LogP contribution in [0.25, 0.3) is 0 Å². The second-order valence-corrected chi connectivity index (χ2v) is 6.14. The SMILES string of the molecule is CC(=O)SCC(C)C(=O)[C@H]1CCCC[C@@H]1C(=O)O. The van der Waals surface area contributed by atoms with Crippen molar-refractivity contribution in [1.29, 1.82) is 0 Å². The van der Waals surface area contributed by atoms with Gasteiger partial charge in [-0.3, -0.25) is 14.4 Å². The highest BCUT2D eigenvalue weighted by atomic mass is 32.2. The number of hydrogen-bond donors (Lipinski definition) is 1. The van der Waals surface area contributed by atoms with Gasteiger partial charge in [0.2, 0.25) is 0 Å². The maximum absolute atomic E-state index is 12.2. The molecule has 0 amide bonds. The lowest BCUT2D eigenvalue weighted by molar-refractivity contribution is -0.149. The first kappa shape index (κ1) is 15.2. The molecule has 1 saturated carbocycles. The molecule has 0 bridgehead atoms. The predicted octanol–water partition coefficient (Wildman–Crippen LogP) is 2.36. The van der Waals surface area contributed by atoms with E-state index in [1.54, 1.807) is 6.92 Å². The second-order valence-electron chi connectivity index (χ2n) is 4.94. The fraction of sp³-hybridized carbons (Fsp3) is 0.769. The third-order valence-electron chi connectivity index (χ3n) is 3.47. The standard InChI is InChI=1S/C13H20O4S/c1-8(7-18-9(2)14)12(15)10-5-3-4-6-11(10)13(16)17/h8,10-11H,3-7H2,1-2H3,(H,16,17)/t8?,10-,11-/m0/s1. The summed E-state index contributed by atoms with van der Waals surface area (Å²) in [6.45, 7) is 3.26. The topological polar surface area (TPSA) is 71.4 Å². The Hall–Kier alpha value is -0.840. The molecule has 1 aliphatic rings. The second kappa shape index (κ2) is 6.92. The molecule has 0 aromatic carbocycles. The number of carbonyl (C=O) groups is 3. The van der Waals surface area contributed by atoms with Crippen LogP contribution in [0.15, 0.2) is 0 Å². The van der Waals surface area contributed by atoms with E-state index in [1.165, 1.54) is 6.92 Å². The summed E-state index contributed by atoms with van der Waals surface area (Å²) >= 11 is 1.13. The third kappa shape index (κ3) is 4.12. The van der Waals surface area contributed by atoms with Crippen LogP contribution in [0.5, 0.6) is 0 Å². The number of rotatable bonds is 5. The lowest BCUT2D eigenvalue weighted by Crippen LogP contribution is -2.36. The summed E-state index contributed by atoms with van der Waals surface area (Å²) < 4.78 is 0. The number of ketones is 1. The Kier molecular flexibility index (Phi) is 5.85. The van der Waals surface area contributed by atoms with Crippen LogP contribution >= 0.6 is 11.8 Å². The number of carboxylic acid groups (broad SMARTS) is 1. The molecule has 0 spiro atoms. The predicted molar refractivity (Wildman–Crippen MR) is 70.4 cm³/mol. The molecular weight excluding hydrogens is 252 g/mol. The van der Waals surface area contributed by atoms with Crippen LogP contribution in [0.2, 0.25) is 0 Å². The normalized spacial score (nSPS) is 25.4. The van der Waals surface area contributed by atoms with E-state index >= 15 is 0 Å². The van der Waals surface area contributed by atoms with Crippen molar-refractivity contribution in [2.75, 3.05) is 5.75 Å². The summed E-state index contributed by atoms with van der Waals surface area (Å²) in [5, 5.41) is 9.14. The molecule has 0 heterocycles. The summed E-state index contributed by atoms with van der Waals surface area (Å²) in [5.41, 5.74) is 0. The minimum Gasteiger partial charge on any atom is -0.481 e. The summed E-state index contributed by atoms with van der Waals surface area (Å²) in [6, 6.07) is 0. The Morgan fingerprint density at radius 2 is 1.78 bits per heavy atom. The molecule has 1 N–H and O–H groups in total. The minimum absolute atomic E-state index is 0.00641. The molecule has 102 valence electrons. The molecular formula is C13H20O4S. The summed E-state index contributed by atoms with van der Waals surface area (Å²) in [5.74, 6) is -1.54. The smallest absolute Gasteiger partial charge is 0.307 e.